The van der Waals surface area contributed by atoms with Crippen LogP contribution in [-0.2, 0) is 48.7 Å². The van der Waals surface area contributed by atoms with Crippen molar-refractivity contribution in [3.8, 4) is 0 Å². The number of ether oxygens (including phenoxy) is 1. The Labute approximate surface area is 289 Å². The molecule has 6 rings (SSSR count). The zero-order valence-corrected chi connectivity index (χ0v) is 28.6. The van der Waals surface area contributed by atoms with Crippen LogP contribution in [0.4, 0.5) is 18.4 Å². The second kappa shape index (κ2) is 13.8. The number of hydrogen-bond acceptors (Lipinski definition) is 8. The van der Waals surface area contributed by atoms with Crippen LogP contribution in [0, 0.1) is 5.92 Å². The minimum Gasteiger partial charge on any atom is -0.444 e. The number of sulfonamides is 1. The number of alkyl halides is 2. The summed E-state index contributed by atoms with van der Waals surface area (Å²) in [4.78, 5) is 71.6. The van der Waals surface area contributed by atoms with Gasteiger partial charge in [-0.2, -0.15) is 0 Å². The molecule has 2 saturated carbocycles. The molecule has 3 N–H and O–H groups in total. The zero-order valence-electron chi connectivity index (χ0n) is 27.7. The van der Waals surface area contributed by atoms with Crippen LogP contribution < -0.4 is 15.4 Å². The summed E-state index contributed by atoms with van der Waals surface area (Å²) in [6, 6.07) is 1.97. The van der Waals surface area contributed by atoms with Crippen LogP contribution in [0.1, 0.15) is 61.6 Å². The lowest BCUT2D eigenvalue weighted by Crippen LogP contribution is -2.59. The number of aryl methyl sites for hydroxylation is 1. The Morgan fingerprint density at radius 1 is 1.16 bits per heavy atom. The van der Waals surface area contributed by atoms with Gasteiger partial charge < -0.3 is 25.2 Å². The number of benzene rings is 1. The van der Waals surface area contributed by atoms with Crippen molar-refractivity contribution in [2.75, 3.05) is 20.1 Å². The fraction of sp³-hybridized carbons (Fsp3) is 0.606. The Hall–Kier alpha value is -4.28. The number of urea groups is 1. The van der Waals surface area contributed by atoms with Gasteiger partial charge in [0.25, 0.3) is 5.91 Å². The summed E-state index contributed by atoms with van der Waals surface area (Å²) < 4.78 is 60.6. The van der Waals surface area contributed by atoms with Crippen molar-refractivity contribution in [3.05, 3.63) is 47.5 Å². The topological polar surface area (TPSA) is 175 Å². The molecule has 5 aliphatic rings. The summed E-state index contributed by atoms with van der Waals surface area (Å²) in [6.45, 7) is 4.22. The third-order valence-electron chi connectivity index (χ3n) is 10.2. The number of carbonyl (C=O) groups excluding carboxylic acids is 5. The minimum absolute atomic E-state index is 0.0429. The molecule has 3 aliphatic heterocycles. The molecule has 50 heavy (non-hydrogen) atoms. The maximum absolute atomic E-state index is 14.0. The standard InChI is InChI=1S/C33H42F2N6O8S/c1-3-21-15-33(21,30(44)38-50(47,48)23-10-11-23)37-28(42)26-13-22-17-41(26)29(43)25(14-27(34)35)36-31(45)39(2)12-5-4-7-19-8-6-9-20-16-40(18-24(19)20)32(46)49-22/h3,6,8-9,21-23,25-27H,1,4-5,7,10-18H2,2H3,(H,36,45)(H,37,42)(H,38,44)/t21-,22+,25-,26-,33+/m0/s1. The summed E-state index contributed by atoms with van der Waals surface area (Å²) in [7, 11) is -2.47. The SMILES string of the molecule is C=C[C@H]1C[C@]1(NC(=O)[C@@H]1C[C@@H]2CN1C(=O)[C@H](CC(F)F)NC(=O)N(C)CCCCc1cccc3c1CN(C3)C(=O)O2)C(=O)NS(=O)(=O)C1CC1. The Bertz CT molecular complexity index is 1690. The maximum Gasteiger partial charge on any atom is 0.410 e. The third-order valence-corrected chi connectivity index (χ3v) is 12.1. The molecule has 3 heterocycles. The predicted octanol–water partition coefficient (Wildman–Crippen LogP) is 1.78. The largest absolute Gasteiger partial charge is 0.444 e. The Balaban J connectivity index is 1.27. The molecule has 5 atom stereocenters. The van der Waals surface area contributed by atoms with E-state index in [1.54, 1.807) is 0 Å². The molecule has 0 radical (unpaired) electrons. The van der Waals surface area contributed by atoms with E-state index < -0.39 is 87.6 Å². The molecule has 0 unspecified atom stereocenters. The Morgan fingerprint density at radius 3 is 2.58 bits per heavy atom. The van der Waals surface area contributed by atoms with Crippen molar-refractivity contribution in [2.45, 2.75) is 99.9 Å². The van der Waals surface area contributed by atoms with E-state index in [4.69, 9.17) is 4.74 Å². The molecule has 1 aromatic rings. The minimum atomic E-state index is -3.96. The van der Waals surface area contributed by atoms with E-state index in [1.165, 1.54) is 22.9 Å². The highest BCUT2D eigenvalue weighted by Gasteiger charge is 2.62. The molecule has 1 aromatic carbocycles. The number of nitrogens with zero attached hydrogens (tertiary/aromatic N) is 3. The average Bonchev–Trinajstić information content (AvgIpc) is 3.95. The van der Waals surface area contributed by atoms with Crippen molar-refractivity contribution < 1.29 is 45.9 Å². The molecule has 4 bridgehead atoms. The molecule has 0 spiro atoms. The summed E-state index contributed by atoms with van der Waals surface area (Å²) in [6.07, 6.45) is -1.72. The molecule has 3 fully saturated rings. The van der Waals surface area contributed by atoms with Crippen LogP contribution in [0.5, 0.6) is 0 Å². The average molecular weight is 721 g/mol. The lowest BCUT2D eigenvalue weighted by Gasteiger charge is -2.30. The Morgan fingerprint density at radius 2 is 1.90 bits per heavy atom. The lowest BCUT2D eigenvalue weighted by atomic mass is 9.99. The summed E-state index contributed by atoms with van der Waals surface area (Å²) >= 11 is 0. The van der Waals surface area contributed by atoms with Crippen molar-refractivity contribution in [2.24, 2.45) is 5.92 Å². The van der Waals surface area contributed by atoms with E-state index in [1.807, 2.05) is 18.2 Å². The smallest absolute Gasteiger partial charge is 0.410 e. The van der Waals surface area contributed by atoms with E-state index in [9.17, 15) is 41.2 Å². The number of nitrogens with one attached hydrogen (secondary N) is 3. The van der Waals surface area contributed by atoms with E-state index >= 15 is 0 Å². The van der Waals surface area contributed by atoms with Crippen molar-refractivity contribution in [1.29, 1.82) is 0 Å². The predicted molar refractivity (Wildman–Crippen MR) is 174 cm³/mol. The first-order chi connectivity index (χ1) is 23.7. The van der Waals surface area contributed by atoms with E-state index in [0.29, 0.717) is 45.2 Å². The van der Waals surface area contributed by atoms with Gasteiger partial charge in [0.1, 0.15) is 23.7 Å². The molecular formula is C33H42F2N6O8S. The van der Waals surface area contributed by atoms with Gasteiger partial charge in [0.05, 0.1) is 11.8 Å². The molecule has 2 aliphatic carbocycles. The molecular weight excluding hydrogens is 678 g/mol. The normalized spacial score (nSPS) is 28.8. The Kier molecular flexibility index (Phi) is 9.81. The van der Waals surface area contributed by atoms with Crippen molar-refractivity contribution in [1.82, 2.24) is 30.1 Å². The monoisotopic (exact) mass is 720 g/mol. The number of amides is 6. The third kappa shape index (κ3) is 7.28. The molecule has 0 aromatic heterocycles. The van der Waals surface area contributed by atoms with Crippen LogP contribution in [-0.4, -0.2) is 109 Å². The van der Waals surface area contributed by atoms with Gasteiger partial charge in [-0.15, -0.1) is 6.58 Å². The van der Waals surface area contributed by atoms with Crippen LogP contribution >= 0.6 is 0 Å². The van der Waals surface area contributed by atoms with Gasteiger partial charge in [-0.1, -0.05) is 24.3 Å². The quantitative estimate of drug-likeness (QED) is 0.341. The molecule has 6 amide bonds. The fourth-order valence-corrected chi connectivity index (χ4v) is 8.45. The van der Waals surface area contributed by atoms with Gasteiger partial charge in [-0.3, -0.25) is 24.0 Å². The van der Waals surface area contributed by atoms with Crippen LogP contribution in [0.15, 0.2) is 30.9 Å². The summed E-state index contributed by atoms with van der Waals surface area (Å²) in [5, 5.41) is 4.31. The van der Waals surface area contributed by atoms with E-state index in [0.717, 1.165) is 21.6 Å². The van der Waals surface area contributed by atoms with Crippen molar-refractivity contribution in [3.63, 3.8) is 0 Å². The summed E-state index contributed by atoms with van der Waals surface area (Å²) in [5.41, 5.74) is 1.38. The van der Waals surface area contributed by atoms with Gasteiger partial charge in [-0.05, 0) is 55.2 Å². The molecule has 14 nitrogen and oxygen atoms in total. The first-order valence-corrected chi connectivity index (χ1v) is 18.4. The summed E-state index contributed by atoms with van der Waals surface area (Å²) in [5.74, 6) is -3.43. The molecule has 1 saturated heterocycles. The van der Waals surface area contributed by atoms with Gasteiger partial charge in [0.2, 0.25) is 28.3 Å². The van der Waals surface area contributed by atoms with Gasteiger partial charge in [-0.25, -0.2) is 26.8 Å². The van der Waals surface area contributed by atoms with Crippen molar-refractivity contribution >= 4 is 39.9 Å². The number of rotatable bonds is 8. The van der Waals surface area contributed by atoms with Gasteiger partial charge >= 0.3 is 12.1 Å². The second-order valence-corrected chi connectivity index (χ2v) is 15.8. The maximum atomic E-state index is 14.0. The molecule has 272 valence electrons. The highest BCUT2D eigenvalue weighted by atomic mass is 32.2. The first-order valence-electron chi connectivity index (χ1n) is 16.9. The fourth-order valence-electron chi connectivity index (χ4n) is 7.09. The van der Waals surface area contributed by atoms with E-state index in [-0.39, 0.29) is 25.9 Å². The van der Waals surface area contributed by atoms with Gasteiger partial charge in [0, 0.05) is 45.4 Å². The number of hydrogen-bond donors (Lipinski definition) is 3. The number of carbonyl (C=O) groups is 5. The van der Waals surface area contributed by atoms with Gasteiger partial charge in [0.15, 0.2) is 0 Å². The highest BCUT2D eigenvalue weighted by Crippen LogP contribution is 2.45. The second-order valence-electron chi connectivity index (χ2n) is 13.8. The molecule has 17 heteroatoms. The van der Waals surface area contributed by atoms with Crippen LogP contribution in [0.3, 0.4) is 0 Å². The van der Waals surface area contributed by atoms with Crippen LogP contribution in [0.2, 0.25) is 0 Å². The first kappa shape index (κ1) is 35.5. The number of halogens is 2. The van der Waals surface area contributed by atoms with Crippen LogP contribution in [0.25, 0.3) is 0 Å². The number of fused-ring (bicyclic) bond motifs is 3. The lowest BCUT2D eigenvalue weighted by molar-refractivity contribution is -0.141. The highest BCUT2D eigenvalue weighted by molar-refractivity contribution is 7.91. The zero-order chi connectivity index (χ0) is 36.0. The van der Waals surface area contributed by atoms with E-state index in [2.05, 4.69) is 21.9 Å².